The maximum absolute atomic E-state index is 12.8. The van der Waals surface area contributed by atoms with Gasteiger partial charge in [0.25, 0.3) is 0 Å². The van der Waals surface area contributed by atoms with Crippen molar-refractivity contribution in [2.45, 2.75) is 6.18 Å². The van der Waals surface area contributed by atoms with Crippen LogP contribution in [0.5, 0.6) is 5.75 Å². The van der Waals surface area contributed by atoms with Crippen molar-refractivity contribution in [1.82, 2.24) is 19.6 Å². The van der Waals surface area contributed by atoms with Gasteiger partial charge in [-0.25, -0.2) is 14.5 Å². The molecule has 0 aliphatic carbocycles. The molecule has 0 saturated carbocycles. The number of carbonyl (C=O) groups excluding carboxylic acids is 1. The molecule has 0 fully saturated rings. The Labute approximate surface area is 178 Å². The van der Waals surface area contributed by atoms with E-state index >= 15 is 0 Å². The molecule has 158 valence electrons. The zero-order valence-electron chi connectivity index (χ0n) is 15.8. The van der Waals surface area contributed by atoms with Gasteiger partial charge in [-0.1, -0.05) is 6.07 Å². The molecule has 4 rings (SSSR count). The number of alkyl halides is 3. The second-order valence-corrected chi connectivity index (χ2v) is 6.67. The number of hydrogen-bond donors (Lipinski definition) is 1. The summed E-state index contributed by atoms with van der Waals surface area (Å²) in [7, 11) is 1.29. The lowest BCUT2D eigenvalue weighted by Crippen LogP contribution is -2.30. The number of hydrogen-bond acceptors (Lipinski definition) is 5. The normalized spacial score (nSPS) is 11.5. The number of anilines is 1. The van der Waals surface area contributed by atoms with Crippen molar-refractivity contribution in [2.75, 3.05) is 12.4 Å². The number of amides is 1. The lowest BCUT2D eigenvalue weighted by Gasteiger charge is -2.13. The molecule has 0 atom stereocenters. The SMILES string of the molecule is COc1ccc(-c2nn3ccccc3c2-c2ccnc(Cl)n2)cc1NC(=O)C(F)(F)F. The number of ether oxygens (including phenoxy) is 1. The second-order valence-electron chi connectivity index (χ2n) is 6.33. The summed E-state index contributed by atoms with van der Waals surface area (Å²) in [6.07, 6.45) is -1.84. The number of carbonyl (C=O) groups is 1. The first kappa shape index (κ1) is 20.6. The van der Waals surface area contributed by atoms with Crippen LogP contribution in [-0.4, -0.2) is 38.8 Å². The Balaban J connectivity index is 1.90. The van der Waals surface area contributed by atoms with Crippen LogP contribution in [0.3, 0.4) is 0 Å². The van der Waals surface area contributed by atoms with Crippen molar-refractivity contribution in [2.24, 2.45) is 0 Å². The molecule has 0 aliphatic heterocycles. The summed E-state index contributed by atoms with van der Waals surface area (Å²) >= 11 is 5.96. The average molecular weight is 448 g/mol. The maximum Gasteiger partial charge on any atom is 0.471 e. The Morgan fingerprint density at radius 2 is 2.00 bits per heavy atom. The second kappa shape index (κ2) is 7.88. The fourth-order valence-corrected chi connectivity index (χ4v) is 3.22. The molecule has 1 aromatic carbocycles. The Kier molecular flexibility index (Phi) is 5.24. The molecule has 0 spiro atoms. The van der Waals surface area contributed by atoms with Gasteiger partial charge in [0, 0.05) is 18.0 Å². The third-order valence-electron chi connectivity index (χ3n) is 4.40. The summed E-state index contributed by atoms with van der Waals surface area (Å²) in [5, 5.41) is 6.43. The van der Waals surface area contributed by atoms with Crippen LogP contribution in [0.4, 0.5) is 18.9 Å². The van der Waals surface area contributed by atoms with Crippen molar-refractivity contribution in [3.8, 4) is 28.3 Å². The Hall–Kier alpha value is -3.66. The molecule has 1 amide bonds. The first-order valence-corrected chi connectivity index (χ1v) is 9.18. The number of rotatable bonds is 4. The van der Waals surface area contributed by atoms with Crippen LogP contribution in [0.1, 0.15) is 0 Å². The van der Waals surface area contributed by atoms with E-state index in [-0.39, 0.29) is 16.7 Å². The summed E-state index contributed by atoms with van der Waals surface area (Å²) in [6.45, 7) is 0. The smallest absolute Gasteiger partial charge is 0.471 e. The van der Waals surface area contributed by atoms with Gasteiger partial charge in [-0.2, -0.15) is 18.3 Å². The molecule has 7 nitrogen and oxygen atoms in total. The lowest BCUT2D eigenvalue weighted by atomic mass is 10.0. The van der Waals surface area contributed by atoms with E-state index in [1.807, 2.05) is 17.4 Å². The van der Waals surface area contributed by atoms with Gasteiger partial charge >= 0.3 is 12.1 Å². The number of nitrogens with one attached hydrogen (secondary N) is 1. The van der Waals surface area contributed by atoms with Gasteiger partial charge in [-0.15, -0.1) is 0 Å². The third kappa shape index (κ3) is 4.02. The highest BCUT2D eigenvalue weighted by Gasteiger charge is 2.39. The minimum Gasteiger partial charge on any atom is -0.495 e. The third-order valence-corrected chi connectivity index (χ3v) is 4.58. The fraction of sp³-hybridized carbons (Fsp3) is 0.100. The molecule has 0 radical (unpaired) electrons. The number of halogens is 4. The molecule has 1 N–H and O–H groups in total. The molecule has 0 unspecified atom stereocenters. The van der Waals surface area contributed by atoms with Crippen molar-refractivity contribution in [3.05, 3.63) is 60.1 Å². The lowest BCUT2D eigenvalue weighted by molar-refractivity contribution is -0.167. The molecular weight excluding hydrogens is 435 g/mol. The van der Waals surface area contributed by atoms with Gasteiger partial charge in [-0.3, -0.25) is 4.79 Å². The first-order chi connectivity index (χ1) is 14.8. The Bertz CT molecular complexity index is 1290. The zero-order valence-corrected chi connectivity index (χ0v) is 16.6. The highest BCUT2D eigenvalue weighted by molar-refractivity contribution is 6.28. The first-order valence-electron chi connectivity index (χ1n) is 8.81. The molecule has 3 aromatic heterocycles. The number of benzene rings is 1. The maximum atomic E-state index is 12.8. The predicted octanol–water partition coefficient (Wildman–Crippen LogP) is 4.62. The highest BCUT2D eigenvalue weighted by Crippen LogP contribution is 2.38. The standard InChI is InChI=1S/C20H13ClF3N5O2/c1-31-15-6-5-11(10-13(15)26-18(30)20(22,23)24)17-16(12-7-8-25-19(21)27-12)14-4-2-3-9-29(14)28-17/h2-10H,1H3,(H,26,30). The van der Waals surface area contributed by atoms with Crippen molar-refractivity contribution in [1.29, 1.82) is 0 Å². The minimum absolute atomic E-state index is 0.0339. The molecule has 31 heavy (non-hydrogen) atoms. The topological polar surface area (TPSA) is 81.4 Å². The van der Waals surface area contributed by atoms with Crippen LogP contribution in [0.25, 0.3) is 28.0 Å². The van der Waals surface area contributed by atoms with Gasteiger partial charge in [0.2, 0.25) is 5.28 Å². The summed E-state index contributed by atoms with van der Waals surface area (Å²) in [6, 6.07) is 11.5. The molecule has 0 aliphatic rings. The van der Waals surface area contributed by atoms with Gasteiger partial charge < -0.3 is 10.1 Å². The van der Waals surface area contributed by atoms with Crippen LogP contribution < -0.4 is 10.1 Å². The minimum atomic E-state index is -5.05. The molecule has 11 heteroatoms. The number of methoxy groups -OCH3 is 1. The van der Waals surface area contributed by atoms with E-state index < -0.39 is 12.1 Å². The average Bonchev–Trinajstić information content (AvgIpc) is 3.12. The van der Waals surface area contributed by atoms with E-state index in [9.17, 15) is 18.0 Å². The van der Waals surface area contributed by atoms with E-state index in [4.69, 9.17) is 16.3 Å². The largest absolute Gasteiger partial charge is 0.495 e. The van der Waals surface area contributed by atoms with E-state index in [1.54, 1.807) is 28.9 Å². The predicted molar refractivity (Wildman–Crippen MR) is 108 cm³/mol. The monoisotopic (exact) mass is 447 g/mol. The summed E-state index contributed by atoms with van der Waals surface area (Å²) in [4.78, 5) is 19.6. The summed E-state index contributed by atoms with van der Waals surface area (Å²) in [5.41, 5.74) is 2.49. The molecular formula is C20H13ClF3N5O2. The van der Waals surface area contributed by atoms with Crippen molar-refractivity contribution >= 4 is 28.7 Å². The summed E-state index contributed by atoms with van der Waals surface area (Å²) in [5.74, 6) is -2.04. The molecule has 0 saturated heterocycles. The molecule has 3 heterocycles. The van der Waals surface area contributed by atoms with Crippen LogP contribution in [0, 0.1) is 0 Å². The van der Waals surface area contributed by atoms with Crippen LogP contribution >= 0.6 is 11.6 Å². The summed E-state index contributed by atoms with van der Waals surface area (Å²) < 4.78 is 45.0. The van der Waals surface area contributed by atoms with Gasteiger partial charge in [0.05, 0.1) is 29.6 Å². The number of nitrogens with zero attached hydrogens (tertiary/aromatic N) is 4. The van der Waals surface area contributed by atoms with E-state index in [1.165, 1.54) is 25.4 Å². The highest BCUT2D eigenvalue weighted by atomic mass is 35.5. The van der Waals surface area contributed by atoms with Crippen molar-refractivity contribution in [3.63, 3.8) is 0 Å². The van der Waals surface area contributed by atoms with Gasteiger partial charge in [0.1, 0.15) is 11.4 Å². The number of pyridine rings is 1. The van der Waals surface area contributed by atoms with Gasteiger partial charge in [0.15, 0.2) is 0 Å². The van der Waals surface area contributed by atoms with Crippen LogP contribution in [-0.2, 0) is 4.79 Å². The fourth-order valence-electron chi connectivity index (χ4n) is 3.07. The van der Waals surface area contributed by atoms with E-state index in [0.717, 1.165) is 0 Å². The zero-order chi connectivity index (χ0) is 22.2. The van der Waals surface area contributed by atoms with Crippen LogP contribution in [0.2, 0.25) is 5.28 Å². The Morgan fingerprint density at radius 3 is 2.71 bits per heavy atom. The quantitative estimate of drug-likeness (QED) is 0.462. The number of aromatic nitrogens is 4. The van der Waals surface area contributed by atoms with E-state index in [0.29, 0.717) is 28.0 Å². The van der Waals surface area contributed by atoms with Crippen LogP contribution in [0.15, 0.2) is 54.9 Å². The molecule has 0 bridgehead atoms. The Morgan fingerprint density at radius 1 is 1.19 bits per heavy atom. The van der Waals surface area contributed by atoms with Crippen molar-refractivity contribution < 1.29 is 22.7 Å². The molecule has 4 aromatic rings. The number of fused-ring (bicyclic) bond motifs is 1. The van der Waals surface area contributed by atoms with E-state index in [2.05, 4.69) is 15.1 Å². The van der Waals surface area contributed by atoms with Gasteiger partial charge in [-0.05, 0) is 48.0 Å².